The number of aromatic nitrogens is 2. The first-order valence-electron chi connectivity index (χ1n) is 4.51. The molecule has 2 aromatic rings. The van der Waals surface area contributed by atoms with Gasteiger partial charge in [0.25, 0.3) is 0 Å². The van der Waals surface area contributed by atoms with Crippen LogP contribution in [0.4, 0.5) is 0 Å². The van der Waals surface area contributed by atoms with Gasteiger partial charge in [0.15, 0.2) is 0 Å². The number of nitrogens with zero attached hydrogens (tertiary/aromatic N) is 2. The van der Waals surface area contributed by atoms with Crippen molar-refractivity contribution in [2.75, 3.05) is 0 Å². The first-order valence-corrected chi connectivity index (χ1v) is 5.66. The standard InChI is InChI=1S/C10H6B2N2OS/c11-9-3-1-7(5-13-9)16(15)8-2-4-10(12)14-6-8/h1-6H. The minimum Gasteiger partial charge on any atom is -0.272 e. The minimum atomic E-state index is -1.30. The first-order chi connectivity index (χ1) is 7.66. The highest BCUT2D eigenvalue weighted by Crippen LogP contribution is 2.12. The van der Waals surface area contributed by atoms with Crippen LogP contribution in [0.3, 0.4) is 0 Å². The maximum absolute atomic E-state index is 12.0. The Bertz CT molecular complexity index is 466. The second kappa shape index (κ2) is 4.61. The van der Waals surface area contributed by atoms with Gasteiger partial charge in [-0.1, -0.05) is 12.1 Å². The van der Waals surface area contributed by atoms with Gasteiger partial charge in [-0.2, -0.15) is 0 Å². The van der Waals surface area contributed by atoms with Gasteiger partial charge in [-0.15, -0.1) is 0 Å². The number of hydrogen-bond donors (Lipinski definition) is 0. The highest BCUT2D eigenvalue weighted by Gasteiger charge is 2.07. The molecule has 6 heteroatoms. The Labute approximate surface area is 98.6 Å². The first kappa shape index (κ1) is 11.1. The van der Waals surface area contributed by atoms with Crippen molar-refractivity contribution in [1.82, 2.24) is 9.97 Å². The van der Waals surface area contributed by atoms with Gasteiger partial charge >= 0.3 is 0 Å². The van der Waals surface area contributed by atoms with E-state index >= 15 is 0 Å². The highest BCUT2D eigenvalue weighted by atomic mass is 32.2. The molecule has 2 aromatic heterocycles. The minimum absolute atomic E-state index is 0.399. The van der Waals surface area contributed by atoms with Crippen LogP contribution in [-0.2, 0) is 10.8 Å². The topological polar surface area (TPSA) is 42.9 Å². The molecule has 0 atom stereocenters. The SMILES string of the molecule is [B]c1ccc(S(=O)c2ccc([B])nc2)cn1. The zero-order valence-electron chi connectivity index (χ0n) is 8.33. The van der Waals surface area contributed by atoms with Crippen LogP contribution in [0.2, 0.25) is 0 Å². The van der Waals surface area contributed by atoms with Crippen molar-refractivity contribution in [1.29, 1.82) is 0 Å². The molecule has 0 saturated carbocycles. The molecule has 0 amide bonds. The molecule has 0 saturated heterocycles. The van der Waals surface area contributed by atoms with Gasteiger partial charge in [-0.25, -0.2) is 4.21 Å². The van der Waals surface area contributed by atoms with E-state index in [4.69, 9.17) is 15.7 Å². The van der Waals surface area contributed by atoms with Gasteiger partial charge in [0.05, 0.1) is 20.6 Å². The molecule has 74 valence electrons. The molecule has 4 radical (unpaired) electrons. The van der Waals surface area contributed by atoms with Gasteiger partial charge in [0, 0.05) is 12.4 Å². The molecule has 0 bridgehead atoms. The number of pyridine rings is 2. The van der Waals surface area contributed by atoms with E-state index in [2.05, 4.69) is 9.97 Å². The van der Waals surface area contributed by atoms with Gasteiger partial charge in [-0.05, 0) is 23.3 Å². The Morgan fingerprint density at radius 1 is 0.875 bits per heavy atom. The Morgan fingerprint density at radius 2 is 1.31 bits per heavy atom. The molecule has 0 aromatic carbocycles. The number of hydrogen-bond acceptors (Lipinski definition) is 3. The van der Waals surface area contributed by atoms with Crippen molar-refractivity contribution >= 4 is 37.7 Å². The maximum atomic E-state index is 12.0. The van der Waals surface area contributed by atoms with Gasteiger partial charge < -0.3 is 0 Å². The smallest absolute Gasteiger partial charge is 0.141 e. The van der Waals surface area contributed by atoms with Crippen LogP contribution in [0.15, 0.2) is 46.5 Å². The third-order valence-corrected chi connectivity index (χ3v) is 3.29. The Balaban J connectivity index is 2.32. The van der Waals surface area contributed by atoms with Crippen LogP contribution in [0.25, 0.3) is 0 Å². The lowest BCUT2D eigenvalue weighted by Gasteiger charge is -2.02. The molecular formula is C10H6B2N2OS. The number of rotatable bonds is 2. The molecule has 16 heavy (non-hydrogen) atoms. The molecule has 2 heterocycles. The fourth-order valence-electron chi connectivity index (χ4n) is 1.14. The largest absolute Gasteiger partial charge is 0.272 e. The fourth-order valence-corrected chi connectivity index (χ4v) is 2.09. The third-order valence-electron chi connectivity index (χ3n) is 1.95. The Hall–Kier alpha value is -1.42. The molecular weight excluding hydrogens is 218 g/mol. The van der Waals surface area contributed by atoms with E-state index in [-0.39, 0.29) is 0 Å². The second-order valence-corrected chi connectivity index (χ2v) is 4.59. The van der Waals surface area contributed by atoms with Crippen molar-refractivity contribution in [2.45, 2.75) is 9.79 Å². The lowest BCUT2D eigenvalue weighted by Crippen LogP contribution is -2.09. The predicted molar refractivity (Wildman–Crippen MR) is 63.9 cm³/mol. The average Bonchev–Trinajstić information content (AvgIpc) is 2.30. The monoisotopic (exact) mass is 224 g/mol. The molecule has 0 spiro atoms. The summed E-state index contributed by atoms with van der Waals surface area (Å²) in [6, 6.07) is 6.57. The quantitative estimate of drug-likeness (QED) is 0.629. The van der Waals surface area contributed by atoms with E-state index in [1.54, 1.807) is 24.3 Å². The van der Waals surface area contributed by atoms with E-state index in [0.29, 0.717) is 21.0 Å². The van der Waals surface area contributed by atoms with Crippen molar-refractivity contribution in [3.63, 3.8) is 0 Å². The van der Waals surface area contributed by atoms with Crippen molar-refractivity contribution < 1.29 is 4.21 Å². The summed E-state index contributed by atoms with van der Waals surface area (Å²) in [5, 5.41) is 0. The zero-order chi connectivity index (χ0) is 11.5. The van der Waals surface area contributed by atoms with Gasteiger partial charge in [0.2, 0.25) is 0 Å². The van der Waals surface area contributed by atoms with Crippen LogP contribution < -0.4 is 11.2 Å². The summed E-state index contributed by atoms with van der Waals surface area (Å²) >= 11 is 0. The summed E-state index contributed by atoms with van der Waals surface area (Å²) in [6.45, 7) is 0. The summed E-state index contributed by atoms with van der Waals surface area (Å²) in [7, 11) is 9.59. The molecule has 0 unspecified atom stereocenters. The molecule has 0 aliphatic rings. The fraction of sp³-hybridized carbons (Fsp3) is 0. The van der Waals surface area contributed by atoms with E-state index in [9.17, 15) is 4.21 Å². The van der Waals surface area contributed by atoms with Crippen LogP contribution in [-0.4, -0.2) is 29.9 Å². The molecule has 0 N–H and O–H groups in total. The molecule has 3 nitrogen and oxygen atoms in total. The van der Waals surface area contributed by atoms with E-state index in [0.717, 1.165) is 0 Å². The van der Waals surface area contributed by atoms with Crippen LogP contribution in [0.5, 0.6) is 0 Å². The van der Waals surface area contributed by atoms with Crippen molar-refractivity contribution in [2.24, 2.45) is 0 Å². The normalized spacial score (nSPS) is 10.6. The summed E-state index contributed by atoms with van der Waals surface area (Å²) in [5.74, 6) is 0. The molecule has 0 fully saturated rings. The lowest BCUT2D eigenvalue weighted by atomic mass is 10.0. The summed E-state index contributed by atoms with van der Waals surface area (Å²) in [5.41, 5.74) is 0.798. The Kier molecular flexibility index (Phi) is 3.19. The van der Waals surface area contributed by atoms with Crippen molar-refractivity contribution in [3.05, 3.63) is 36.7 Å². The van der Waals surface area contributed by atoms with E-state index in [1.807, 2.05) is 0 Å². The van der Waals surface area contributed by atoms with Gasteiger partial charge in [0.1, 0.15) is 15.7 Å². The van der Waals surface area contributed by atoms with E-state index in [1.165, 1.54) is 12.4 Å². The summed E-state index contributed by atoms with van der Waals surface area (Å²) in [6.07, 6.45) is 2.98. The van der Waals surface area contributed by atoms with Crippen LogP contribution >= 0.6 is 0 Å². The average molecular weight is 224 g/mol. The highest BCUT2D eigenvalue weighted by molar-refractivity contribution is 7.85. The third kappa shape index (κ3) is 2.39. The Morgan fingerprint density at radius 3 is 1.62 bits per heavy atom. The molecule has 2 rings (SSSR count). The molecule has 0 aliphatic heterocycles. The van der Waals surface area contributed by atoms with E-state index < -0.39 is 10.8 Å². The molecule has 0 aliphatic carbocycles. The lowest BCUT2D eigenvalue weighted by molar-refractivity contribution is 0.682. The summed E-state index contributed by atoms with van der Waals surface area (Å²) in [4.78, 5) is 8.93. The van der Waals surface area contributed by atoms with Crippen LogP contribution in [0.1, 0.15) is 0 Å². The maximum Gasteiger partial charge on any atom is 0.141 e. The second-order valence-electron chi connectivity index (χ2n) is 3.11. The van der Waals surface area contributed by atoms with Crippen LogP contribution in [0, 0.1) is 0 Å². The van der Waals surface area contributed by atoms with Gasteiger partial charge in [-0.3, -0.25) is 9.97 Å². The zero-order valence-corrected chi connectivity index (χ0v) is 9.15. The predicted octanol–water partition coefficient (Wildman–Crippen LogP) is -0.769. The summed E-state index contributed by atoms with van der Waals surface area (Å²) < 4.78 is 12.0. The van der Waals surface area contributed by atoms with Crippen molar-refractivity contribution in [3.8, 4) is 0 Å².